The van der Waals surface area contributed by atoms with E-state index in [1.165, 1.54) is 12.1 Å². The zero-order chi connectivity index (χ0) is 21.4. The summed E-state index contributed by atoms with van der Waals surface area (Å²) >= 11 is 0. The van der Waals surface area contributed by atoms with Crippen molar-refractivity contribution >= 4 is 23.7 Å². The lowest BCUT2D eigenvalue weighted by atomic mass is 9.97. The van der Waals surface area contributed by atoms with E-state index in [1.807, 2.05) is 30.9 Å². The quantitative estimate of drug-likeness (QED) is 0.790. The molecule has 3 aliphatic rings. The molecule has 5 rings (SSSR count). The second kappa shape index (κ2) is 8.26. The lowest BCUT2D eigenvalue weighted by Gasteiger charge is -2.48. The van der Waals surface area contributed by atoms with Crippen molar-refractivity contribution < 1.29 is 18.6 Å². The fourth-order valence-electron chi connectivity index (χ4n) is 4.22. The first-order valence-electron chi connectivity index (χ1n) is 9.98. The number of aromatic nitrogens is 1. The highest BCUT2D eigenvalue weighted by molar-refractivity contribution is 5.62. The van der Waals surface area contributed by atoms with Gasteiger partial charge in [0.1, 0.15) is 23.7 Å². The van der Waals surface area contributed by atoms with Crippen LogP contribution < -0.4 is 15.8 Å². The summed E-state index contributed by atoms with van der Waals surface area (Å²) in [7, 11) is 0. The van der Waals surface area contributed by atoms with E-state index in [2.05, 4.69) is 16.9 Å². The van der Waals surface area contributed by atoms with Crippen LogP contribution in [0.25, 0.3) is 12.2 Å². The van der Waals surface area contributed by atoms with Gasteiger partial charge in [0.05, 0.1) is 12.2 Å². The number of halogens is 2. The van der Waals surface area contributed by atoms with Gasteiger partial charge in [-0.25, -0.2) is 13.8 Å². The number of fused-ring (bicyclic) bond motifs is 2. The van der Waals surface area contributed by atoms with Crippen LogP contribution in [0.5, 0.6) is 0 Å². The maximum Gasteiger partial charge on any atom is 0.137 e. The number of aliphatic hydroxyl groups excluding tert-OH is 1. The molecule has 0 spiro atoms. The topological polar surface area (TPSA) is 57.6 Å². The highest BCUT2D eigenvalue weighted by Crippen LogP contribution is 2.31. The van der Waals surface area contributed by atoms with Crippen LogP contribution in [0.4, 0.5) is 20.3 Å². The Bertz CT molecular complexity index is 1070. The predicted octanol–water partition coefficient (Wildman–Crippen LogP) is 2.72. The van der Waals surface area contributed by atoms with Gasteiger partial charge in [-0.2, -0.15) is 0 Å². The van der Waals surface area contributed by atoms with Gasteiger partial charge in [0.25, 0.3) is 0 Å². The normalized spacial score (nSPS) is 23.2. The van der Waals surface area contributed by atoms with Gasteiger partial charge in [0.15, 0.2) is 0 Å². The van der Waals surface area contributed by atoms with Crippen LogP contribution in [0, 0.1) is 11.6 Å². The van der Waals surface area contributed by atoms with Crippen molar-refractivity contribution in [2.45, 2.75) is 38.7 Å². The van der Waals surface area contributed by atoms with E-state index < -0.39 is 17.9 Å². The average Bonchev–Trinajstić information content (AvgIpc) is 2.67. The number of hydrogen-bond acceptors (Lipinski definition) is 5. The molecule has 5 nitrogen and oxygen atoms in total. The van der Waals surface area contributed by atoms with Gasteiger partial charge in [-0.05, 0) is 36.8 Å². The van der Waals surface area contributed by atoms with Crippen LogP contribution in [0.3, 0.4) is 0 Å². The fourth-order valence-corrected chi connectivity index (χ4v) is 4.22. The Hall–Kier alpha value is -2.61. The molecule has 7 heteroatoms. The van der Waals surface area contributed by atoms with E-state index in [0.29, 0.717) is 29.7 Å². The predicted molar refractivity (Wildman–Crippen MR) is 112 cm³/mol. The maximum absolute atomic E-state index is 13.6. The molecule has 3 atom stereocenters. The Labute approximate surface area is 174 Å². The van der Waals surface area contributed by atoms with Crippen LogP contribution in [-0.4, -0.2) is 40.3 Å². The van der Waals surface area contributed by atoms with Crippen LogP contribution in [0.15, 0.2) is 36.5 Å². The molecular formula is C23H25F2N3O2. The molecule has 4 heterocycles. The molecule has 3 fully saturated rings. The van der Waals surface area contributed by atoms with Crippen molar-refractivity contribution in [1.82, 2.24) is 9.88 Å². The third kappa shape index (κ3) is 4.01. The fraction of sp³-hybridized carbons (Fsp3) is 0.348. The zero-order valence-corrected chi connectivity index (χ0v) is 17.0. The number of piperidine rings is 1. The smallest absolute Gasteiger partial charge is 0.137 e. The highest BCUT2D eigenvalue weighted by atomic mass is 19.1. The number of allylic oxidation sites excluding steroid dienone is 2. The molecule has 1 aromatic carbocycles. The molecule has 3 aliphatic heterocycles. The van der Waals surface area contributed by atoms with Crippen LogP contribution in [-0.2, 0) is 4.74 Å². The van der Waals surface area contributed by atoms with Gasteiger partial charge in [-0.15, -0.1) is 0 Å². The third-order valence-corrected chi connectivity index (χ3v) is 5.56. The van der Waals surface area contributed by atoms with E-state index in [9.17, 15) is 13.9 Å². The second-order valence-electron chi connectivity index (χ2n) is 7.83. The largest absolute Gasteiger partial charge is 0.374 e. The first-order chi connectivity index (χ1) is 14.4. The molecular weight excluding hydrogens is 388 g/mol. The van der Waals surface area contributed by atoms with Crippen LogP contribution in [0.2, 0.25) is 0 Å². The van der Waals surface area contributed by atoms with Gasteiger partial charge in [-0.1, -0.05) is 18.7 Å². The van der Waals surface area contributed by atoms with E-state index in [1.54, 1.807) is 6.20 Å². The number of pyridine rings is 1. The van der Waals surface area contributed by atoms with Crippen molar-refractivity contribution in [2.75, 3.05) is 18.4 Å². The molecule has 2 aromatic rings. The minimum absolute atomic E-state index is 0.165. The Morgan fingerprint density at radius 1 is 1.30 bits per heavy atom. The number of anilines is 2. The zero-order valence-electron chi connectivity index (χ0n) is 17.0. The number of rotatable bonds is 5. The third-order valence-electron chi connectivity index (χ3n) is 5.56. The molecule has 2 N–H and O–H groups in total. The molecule has 1 aromatic heterocycles. The summed E-state index contributed by atoms with van der Waals surface area (Å²) in [5.74, 6) is -0.990. The number of morpholine rings is 1. The molecule has 0 radical (unpaired) electrons. The molecule has 0 saturated carbocycles. The van der Waals surface area contributed by atoms with Gasteiger partial charge in [-0.3, -0.25) is 4.90 Å². The Morgan fingerprint density at radius 2 is 1.93 bits per heavy atom. The number of ether oxygens (including phenoxy) is 1. The maximum atomic E-state index is 13.6. The molecule has 2 bridgehead atoms. The Balaban J connectivity index is 1.75. The van der Waals surface area contributed by atoms with Crippen molar-refractivity contribution in [1.29, 1.82) is 0 Å². The minimum atomic E-state index is -0.844. The van der Waals surface area contributed by atoms with E-state index in [4.69, 9.17) is 4.74 Å². The summed E-state index contributed by atoms with van der Waals surface area (Å²) in [6.07, 6.45) is 5.96. The minimum Gasteiger partial charge on any atom is -0.374 e. The summed E-state index contributed by atoms with van der Waals surface area (Å²) in [6, 6.07) is 3.19. The number of nitrogens with one attached hydrogen (secondary N) is 1. The molecule has 0 aliphatic carbocycles. The Kier molecular flexibility index (Phi) is 5.69. The number of nitrogens with zero attached hydrogens (tertiary/aromatic N) is 2. The standard InChI is InChI=1S/C23H25F2N3O2/c1-4-5-13(2)21-14(3)22(27-17-7-15(24)6-16(25)8-17)26-10-20(21)23(29)28-11-18-9-19(12-28)30-18/h4-8,10,18-19,23,29H,3,9,11-12H2,1-2H3,(H,26,27). The first kappa shape index (κ1) is 20.7. The molecule has 158 valence electrons. The SMILES string of the molecule is C=c1c(Nc2cc(F)cc(F)c2)ncc(C(O)N2CC3CC(C2)O3)c1=C(C)C=CC. The lowest BCUT2D eigenvalue weighted by Crippen LogP contribution is -2.58. The van der Waals surface area contributed by atoms with E-state index >= 15 is 0 Å². The Morgan fingerprint density at radius 3 is 2.53 bits per heavy atom. The van der Waals surface area contributed by atoms with Crippen LogP contribution >= 0.6 is 0 Å². The number of aliphatic hydroxyl groups is 1. The lowest BCUT2D eigenvalue weighted by molar-refractivity contribution is -0.208. The summed E-state index contributed by atoms with van der Waals surface area (Å²) in [5, 5.41) is 15.4. The molecule has 3 saturated heterocycles. The van der Waals surface area contributed by atoms with E-state index in [-0.39, 0.29) is 17.9 Å². The van der Waals surface area contributed by atoms with Crippen molar-refractivity contribution in [3.8, 4) is 0 Å². The van der Waals surface area contributed by atoms with Gasteiger partial charge < -0.3 is 15.2 Å². The van der Waals surface area contributed by atoms with Crippen LogP contribution in [0.1, 0.15) is 32.1 Å². The van der Waals surface area contributed by atoms with E-state index in [0.717, 1.165) is 23.3 Å². The van der Waals surface area contributed by atoms with Gasteiger partial charge >= 0.3 is 0 Å². The first-order valence-corrected chi connectivity index (χ1v) is 9.98. The molecule has 3 unspecified atom stereocenters. The average molecular weight is 413 g/mol. The van der Waals surface area contributed by atoms with Crippen molar-refractivity contribution in [3.05, 3.63) is 64.2 Å². The van der Waals surface area contributed by atoms with Crippen molar-refractivity contribution in [3.63, 3.8) is 0 Å². The molecule has 0 amide bonds. The number of benzene rings is 1. The van der Waals surface area contributed by atoms with Gasteiger partial charge in [0, 0.05) is 48.2 Å². The van der Waals surface area contributed by atoms with Gasteiger partial charge in [0.2, 0.25) is 0 Å². The second-order valence-corrected chi connectivity index (χ2v) is 7.83. The summed E-state index contributed by atoms with van der Waals surface area (Å²) < 4.78 is 32.8. The highest BCUT2D eigenvalue weighted by Gasteiger charge is 2.40. The monoisotopic (exact) mass is 413 g/mol. The number of hydrogen-bond donors (Lipinski definition) is 2. The summed E-state index contributed by atoms with van der Waals surface area (Å²) in [4.78, 5) is 6.39. The van der Waals surface area contributed by atoms with Crippen molar-refractivity contribution in [2.24, 2.45) is 0 Å². The molecule has 30 heavy (non-hydrogen) atoms. The summed E-state index contributed by atoms with van der Waals surface area (Å²) in [6.45, 7) is 9.32. The summed E-state index contributed by atoms with van der Waals surface area (Å²) in [5.41, 5.74) is 1.79.